The number of methoxy groups -OCH3 is 1. The van der Waals surface area contributed by atoms with Crippen LogP contribution in [0.4, 0.5) is 0 Å². The van der Waals surface area contributed by atoms with Gasteiger partial charge in [-0.1, -0.05) is 25.0 Å². The molecule has 1 aromatic rings. The van der Waals surface area contributed by atoms with Crippen molar-refractivity contribution in [2.75, 3.05) is 20.2 Å². The Hall–Kier alpha value is -2.04. The number of amides is 2. The van der Waals surface area contributed by atoms with Gasteiger partial charge in [0.05, 0.1) is 13.0 Å². The lowest BCUT2D eigenvalue weighted by Crippen LogP contribution is -2.42. The predicted octanol–water partition coefficient (Wildman–Crippen LogP) is 3.17. The van der Waals surface area contributed by atoms with Crippen molar-refractivity contribution in [2.24, 2.45) is 11.3 Å². The van der Waals surface area contributed by atoms with Gasteiger partial charge in [-0.3, -0.25) is 9.59 Å². The van der Waals surface area contributed by atoms with Crippen molar-refractivity contribution < 1.29 is 14.3 Å². The van der Waals surface area contributed by atoms with E-state index < -0.39 is 0 Å². The number of aryl methyl sites for hydroxylation is 1. The lowest BCUT2D eigenvalue weighted by Gasteiger charge is -2.29. The third-order valence-corrected chi connectivity index (χ3v) is 6.13. The second-order valence-electron chi connectivity index (χ2n) is 8.41. The van der Waals surface area contributed by atoms with Gasteiger partial charge >= 0.3 is 0 Å². The van der Waals surface area contributed by atoms with Crippen LogP contribution in [0, 0.1) is 11.3 Å². The minimum atomic E-state index is -0.0627. The van der Waals surface area contributed by atoms with Crippen LogP contribution in [-0.4, -0.2) is 43.0 Å². The molecule has 1 atom stereocenters. The molecule has 1 heterocycles. The fourth-order valence-electron chi connectivity index (χ4n) is 4.69. The highest BCUT2D eigenvalue weighted by Crippen LogP contribution is 2.49. The maximum absolute atomic E-state index is 12.8. The maximum atomic E-state index is 12.8. The summed E-state index contributed by atoms with van der Waals surface area (Å²) >= 11 is 0. The van der Waals surface area contributed by atoms with Gasteiger partial charge in [0, 0.05) is 31.0 Å². The molecule has 2 fully saturated rings. The highest BCUT2D eigenvalue weighted by molar-refractivity contribution is 5.83. The van der Waals surface area contributed by atoms with Crippen molar-refractivity contribution in [2.45, 2.75) is 58.4 Å². The first kappa shape index (κ1) is 19.7. The molecule has 2 aliphatic rings. The summed E-state index contributed by atoms with van der Waals surface area (Å²) in [6.45, 7) is 5.29. The maximum Gasteiger partial charge on any atom is 0.225 e. The third-order valence-electron chi connectivity index (χ3n) is 6.13. The topological polar surface area (TPSA) is 58.6 Å². The molecule has 1 N–H and O–H groups in total. The summed E-state index contributed by atoms with van der Waals surface area (Å²) in [5.74, 6) is 1.05. The first-order chi connectivity index (χ1) is 12.9. The summed E-state index contributed by atoms with van der Waals surface area (Å²) in [5, 5.41) is 3.08. The van der Waals surface area contributed by atoms with Crippen molar-refractivity contribution in [3.8, 4) is 5.75 Å². The van der Waals surface area contributed by atoms with E-state index in [4.69, 9.17) is 4.74 Å². The molecule has 1 saturated heterocycles. The zero-order chi connectivity index (χ0) is 19.4. The molecule has 27 heavy (non-hydrogen) atoms. The number of hydrogen-bond donors (Lipinski definition) is 1. The van der Waals surface area contributed by atoms with E-state index in [0.717, 1.165) is 37.1 Å². The highest BCUT2D eigenvalue weighted by atomic mass is 16.5. The van der Waals surface area contributed by atoms with Crippen LogP contribution >= 0.6 is 0 Å². The van der Waals surface area contributed by atoms with E-state index in [0.29, 0.717) is 13.0 Å². The normalized spacial score (nSPS) is 21.0. The van der Waals surface area contributed by atoms with Crippen molar-refractivity contribution in [3.63, 3.8) is 0 Å². The Kier molecular flexibility index (Phi) is 6.08. The van der Waals surface area contributed by atoms with Crippen molar-refractivity contribution in [1.82, 2.24) is 10.2 Å². The fraction of sp³-hybridized carbons (Fsp3) is 0.636. The molecule has 2 amide bonds. The van der Waals surface area contributed by atoms with Crippen LogP contribution in [0.2, 0.25) is 0 Å². The Balaban J connectivity index is 1.62. The van der Waals surface area contributed by atoms with Gasteiger partial charge in [0.2, 0.25) is 11.8 Å². The van der Waals surface area contributed by atoms with Gasteiger partial charge in [-0.15, -0.1) is 0 Å². The lowest BCUT2D eigenvalue weighted by atomic mass is 9.76. The van der Waals surface area contributed by atoms with Crippen LogP contribution in [0.15, 0.2) is 24.3 Å². The number of rotatable bonds is 6. The Morgan fingerprint density at radius 2 is 1.89 bits per heavy atom. The average Bonchev–Trinajstić information content (AvgIpc) is 3.27. The second-order valence-corrected chi connectivity index (χ2v) is 8.41. The van der Waals surface area contributed by atoms with E-state index in [9.17, 15) is 9.59 Å². The second kappa shape index (κ2) is 8.32. The van der Waals surface area contributed by atoms with E-state index in [1.807, 2.05) is 43.0 Å². The fourth-order valence-corrected chi connectivity index (χ4v) is 4.69. The van der Waals surface area contributed by atoms with Gasteiger partial charge in [0.25, 0.3) is 0 Å². The molecule has 5 nitrogen and oxygen atoms in total. The molecular weight excluding hydrogens is 340 g/mol. The van der Waals surface area contributed by atoms with E-state index in [2.05, 4.69) is 5.32 Å². The molecule has 0 radical (unpaired) electrons. The van der Waals surface area contributed by atoms with Crippen LogP contribution < -0.4 is 10.1 Å². The Labute approximate surface area is 162 Å². The number of nitrogens with one attached hydrogen (secondary N) is 1. The standard InChI is InChI=1S/C22H32N2O3/c1-16(2)23-21(26)19-14-24(15-22(19)12-4-5-13-22)20(25)11-8-17-6-9-18(27-3)10-7-17/h6-7,9-10,16,19H,4-5,8,11-15H2,1-3H3,(H,23,26). The smallest absolute Gasteiger partial charge is 0.225 e. The quantitative estimate of drug-likeness (QED) is 0.834. The number of likely N-dealkylation sites (tertiary alicyclic amines) is 1. The molecule has 1 unspecified atom stereocenters. The van der Waals surface area contributed by atoms with Crippen molar-refractivity contribution >= 4 is 11.8 Å². The first-order valence-electron chi connectivity index (χ1n) is 10.1. The summed E-state index contributed by atoms with van der Waals surface area (Å²) in [6.07, 6.45) is 5.66. The van der Waals surface area contributed by atoms with Crippen molar-refractivity contribution in [1.29, 1.82) is 0 Å². The summed E-state index contributed by atoms with van der Waals surface area (Å²) in [4.78, 5) is 27.5. The minimum Gasteiger partial charge on any atom is -0.497 e. The molecule has 1 saturated carbocycles. The molecule has 0 aromatic heterocycles. The van der Waals surface area contributed by atoms with E-state index in [1.165, 1.54) is 12.8 Å². The van der Waals surface area contributed by atoms with E-state index >= 15 is 0 Å². The van der Waals surface area contributed by atoms with Gasteiger partial charge in [0.15, 0.2) is 0 Å². The molecular formula is C22H32N2O3. The van der Waals surface area contributed by atoms with Crippen LogP contribution in [-0.2, 0) is 16.0 Å². The number of ether oxygens (including phenoxy) is 1. The number of nitrogens with zero attached hydrogens (tertiary/aromatic N) is 1. The van der Waals surface area contributed by atoms with E-state index in [-0.39, 0.29) is 29.2 Å². The Bertz CT molecular complexity index is 663. The highest BCUT2D eigenvalue weighted by Gasteiger charge is 2.52. The first-order valence-corrected chi connectivity index (χ1v) is 10.1. The molecule has 3 rings (SSSR count). The summed E-state index contributed by atoms with van der Waals surface area (Å²) in [7, 11) is 1.65. The van der Waals surface area contributed by atoms with Crippen LogP contribution in [0.3, 0.4) is 0 Å². The van der Waals surface area contributed by atoms with Gasteiger partial charge in [-0.2, -0.15) is 0 Å². The molecule has 1 aliphatic carbocycles. The molecule has 0 bridgehead atoms. The molecule has 148 valence electrons. The summed E-state index contributed by atoms with van der Waals surface area (Å²) in [5.41, 5.74) is 1.13. The van der Waals surface area contributed by atoms with Gasteiger partial charge < -0.3 is 15.0 Å². The largest absolute Gasteiger partial charge is 0.497 e. The van der Waals surface area contributed by atoms with Crippen molar-refractivity contribution in [3.05, 3.63) is 29.8 Å². The van der Waals surface area contributed by atoms with Crippen LogP contribution in [0.5, 0.6) is 5.75 Å². The number of carbonyl (C=O) groups is 2. The number of carbonyl (C=O) groups excluding carboxylic acids is 2. The summed E-state index contributed by atoms with van der Waals surface area (Å²) in [6, 6.07) is 8.00. The molecule has 1 aliphatic heterocycles. The number of hydrogen-bond acceptors (Lipinski definition) is 3. The monoisotopic (exact) mass is 372 g/mol. The van der Waals surface area contributed by atoms with Crippen LogP contribution in [0.25, 0.3) is 0 Å². The number of benzene rings is 1. The summed E-state index contributed by atoms with van der Waals surface area (Å²) < 4.78 is 5.18. The Morgan fingerprint density at radius 3 is 2.48 bits per heavy atom. The van der Waals surface area contributed by atoms with Gasteiger partial charge in [0.1, 0.15) is 5.75 Å². The van der Waals surface area contributed by atoms with Crippen LogP contribution in [0.1, 0.15) is 51.5 Å². The van der Waals surface area contributed by atoms with E-state index in [1.54, 1.807) is 7.11 Å². The molecule has 1 spiro atoms. The Morgan fingerprint density at radius 1 is 1.22 bits per heavy atom. The predicted molar refractivity (Wildman–Crippen MR) is 106 cm³/mol. The average molecular weight is 373 g/mol. The molecule has 5 heteroatoms. The molecule has 1 aromatic carbocycles. The van der Waals surface area contributed by atoms with Gasteiger partial charge in [-0.05, 0) is 50.8 Å². The zero-order valence-electron chi connectivity index (χ0n) is 16.8. The van der Waals surface area contributed by atoms with Gasteiger partial charge in [-0.25, -0.2) is 0 Å². The zero-order valence-corrected chi connectivity index (χ0v) is 16.8. The lowest BCUT2D eigenvalue weighted by molar-refractivity contribution is -0.130. The minimum absolute atomic E-state index is 0.00521. The SMILES string of the molecule is COc1ccc(CCC(=O)N2CC(C(=O)NC(C)C)C3(CCCC3)C2)cc1. The third kappa shape index (κ3) is 4.45.